The van der Waals surface area contributed by atoms with E-state index in [2.05, 4.69) is 33.0 Å². The predicted octanol–water partition coefficient (Wildman–Crippen LogP) is 3.30. The van der Waals surface area contributed by atoms with Crippen LogP contribution in [-0.2, 0) is 4.79 Å². The second kappa shape index (κ2) is 7.86. The van der Waals surface area contributed by atoms with E-state index < -0.39 is 0 Å². The molecule has 0 radical (unpaired) electrons. The van der Waals surface area contributed by atoms with Crippen molar-refractivity contribution in [2.45, 2.75) is 71.8 Å². The zero-order valence-electron chi connectivity index (χ0n) is 10.9. The molecule has 0 aliphatic heterocycles. The van der Waals surface area contributed by atoms with Gasteiger partial charge in [-0.05, 0) is 27.2 Å². The largest absolute Gasteiger partial charge is 0.312 e. The van der Waals surface area contributed by atoms with E-state index in [0.717, 1.165) is 19.4 Å². The van der Waals surface area contributed by atoms with Gasteiger partial charge in [-0.1, -0.05) is 26.2 Å². The first kappa shape index (κ1) is 14.6. The number of carbonyl (C=O) groups is 1. The molecule has 2 heteroatoms. The van der Waals surface area contributed by atoms with Crippen molar-refractivity contribution in [1.82, 2.24) is 5.32 Å². The van der Waals surface area contributed by atoms with Gasteiger partial charge in [0, 0.05) is 24.9 Å². The van der Waals surface area contributed by atoms with Gasteiger partial charge in [-0.2, -0.15) is 0 Å². The van der Waals surface area contributed by atoms with Crippen molar-refractivity contribution in [2.75, 3.05) is 6.54 Å². The molecule has 0 atom stereocenters. The molecule has 0 unspecified atom stereocenters. The Balaban J connectivity index is 3.34. The smallest absolute Gasteiger partial charge is 0.134 e. The van der Waals surface area contributed by atoms with Gasteiger partial charge in [-0.3, -0.25) is 4.79 Å². The highest BCUT2D eigenvalue weighted by Gasteiger charge is 2.09. The maximum absolute atomic E-state index is 11.5. The van der Waals surface area contributed by atoms with Crippen LogP contribution in [0, 0.1) is 0 Å². The summed E-state index contributed by atoms with van der Waals surface area (Å²) in [7, 11) is 0. The van der Waals surface area contributed by atoms with E-state index >= 15 is 0 Å². The number of carbonyl (C=O) groups excluding carboxylic acids is 1. The van der Waals surface area contributed by atoms with Crippen molar-refractivity contribution in [3.63, 3.8) is 0 Å². The summed E-state index contributed by atoms with van der Waals surface area (Å²) in [4.78, 5) is 11.5. The number of hydrogen-bond donors (Lipinski definition) is 1. The Morgan fingerprint density at radius 2 is 1.73 bits per heavy atom. The van der Waals surface area contributed by atoms with E-state index in [0.29, 0.717) is 12.2 Å². The molecule has 0 amide bonds. The first-order chi connectivity index (χ1) is 6.95. The highest BCUT2D eigenvalue weighted by molar-refractivity contribution is 5.78. The lowest BCUT2D eigenvalue weighted by Gasteiger charge is -2.20. The minimum Gasteiger partial charge on any atom is -0.312 e. The molecule has 0 aliphatic rings. The van der Waals surface area contributed by atoms with Gasteiger partial charge in [-0.15, -0.1) is 0 Å². The Bertz CT molecular complexity index is 170. The van der Waals surface area contributed by atoms with Crippen LogP contribution in [0.1, 0.15) is 66.2 Å². The molecular weight excluding hydrogens is 186 g/mol. The van der Waals surface area contributed by atoms with Gasteiger partial charge in [0.1, 0.15) is 5.78 Å². The molecule has 0 spiro atoms. The zero-order valence-corrected chi connectivity index (χ0v) is 10.9. The molecule has 15 heavy (non-hydrogen) atoms. The number of rotatable bonds is 8. The maximum atomic E-state index is 11.5. The average Bonchev–Trinajstić information content (AvgIpc) is 2.10. The molecule has 0 fully saturated rings. The Kier molecular flexibility index (Phi) is 7.67. The van der Waals surface area contributed by atoms with E-state index in [1.54, 1.807) is 0 Å². The molecule has 0 bridgehead atoms. The lowest BCUT2D eigenvalue weighted by Crippen LogP contribution is -2.37. The third-order valence-electron chi connectivity index (χ3n) is 2.37. The fourth-order valence-corrected chi connectivity index (χ4v) is 1.45. The number of nitrogens with one attached hydrogen (secondary N) is 1. The SMILES string of the molecule is CCCCCCC(=O)CCNC(C)(C)C. The van der Waals surface area contributed by atoms with E-state index in [9.17, 15) is 4.79 Å². The molecule has 0 aromatic heterocycles. The molecule has 0 aromatic rings. The van der Waals surface area contributed by atoms with Gasteiger partial charge in [-0.25, -0.2) is 0 Å². The lowest BCUT2D eigenvalue weighted by atomic mass is 10.1. The highest BCUT2D eigenvalue weighted by Crippen LogP contribution is 2.05. The van der Waals surface area contributed by atoms with Crippen molar-refractivity contribution in [1.29, 1.82) is 0 Å². The molecular formula is C13H27NO. The lowest BCUT2D eigenvalue weighted by molar-refractivity contribution is -0.119. The molecule has 0 aliphatic carbocycles. The first-order valence-electron chi connectivity index (χ1n) is 6.22. The summed E-state index contributed by atoms with van der Waals surface area (Å²) in [6, 6.07) is 0. The van der Waals surface area contributed by atoms with Crippen molar-refractivity contribution in [3.05, 3.63) is 0 Å². The van der Waals surface area contributed by atoms with E-state index in [-0.39, 0.29) is 5.54 Å². The summed E-state index contributed by atoms with van der Waals surface area (Å²) in [6.45, 7) is 9.38. The Hall–Kier alpha value is -0.370. The number of Topliss-reactive ketones (excluding diaryl/α,β-unsaturated/α-hetero) is 1. The van der Waals surface area contributed by atoms with E-state index in [4.69, 9.17) is 0 Å². The number of hydrogen-bond acceptors (Lipinski definition) is 2. The molecule has 1 N–H and O–H groups in total. The topological polar surface area (TPSA) is 29.1 Å². The summed E-state index contributed by atoms with van der Waals surface area (Å²) in [5, 5.41) is 3.33. The minimum atomic E-state index is 0.127. The first-order valence-corrected chi connectivity index (χ1v) is 6.22. The van der Waals surface area contributed by atoms with Crippen molar-refractivity contribution in [3.8, 4) is 0 Å². The standard InChI is InChI=1S/C13H27NO/c1-5-6-7-8-9-12(15)10-11-14-13(2,3)4/h14H,5-11H2,1-4H3. The van der Waals surface area contributed by atoms with Crippen LogP contribution in [0.15, 0.2) is 0 Å². The van der Waals surface area contributed by atoms with Crippen LogP contribution < -0.4 is 5.32 Å². The summed E-state index contributed by atoms with van der Waals surface area (Å²) in [5.74, 6) is 0.405. The number of ketones is 1. The third-order valence-corrected chi connectivity index (χ3v) is 2.37. The molecule has 0 aromatic carbocycles. The van der Waals surface area contributed by atoms with Gasteiger partial charge in [0.05, 0.1) is 0 Å². The Morgan fingerprint density at radius 3 is 2.27 bits per heavy atom. The fourth-order valence-electron chi connectivity index (χ4n) is 1.45. The highest BCUT2D eigenvalue weighted by atomic mass is 16.1. The summed E-state index contributed by atoms with van der Waals surface area (Å²) in [5.41, 5.74) is 0.127. The number of unbranched alkanes of at least 4 members (excludes halogenated alkanes) is 3. The van der Waals surface area contributed by atoms with Crippen LogP contribution in [-0.4, -0.2) is 17.9 Å². The second-order valence-corrected chi connectivity index (χ2v) is 5.28. The van der Waals surface area contributed by atoms with Crippen molar-refractivity contribution < 1.29 is 4.79 Å². The van der Waals surface area contributed by atoms with Crippen molar-refractivity contribution in [2.24, 2.45) is 0 Å². The normalized spacial score (nSPS) is 11.7. The average molecular weight is 213 g/mol. The van der Waals surface area contributed by atoms with Gasteiger partial charge >= 0.3 is 0 Å². The van der Waals surface area contributed by atoms with Gasteiger partial charge in [0.25, 0.3) is 0 Å². The fraction of sp³-hybridized carbons (Fsp3) is 0.923. The van der Waals surface area contributed by atoms with Crippen LogP contribution in [0.25, 0.3) is 0 Å². The molecule has 0 heterocycles. The minimum absolute atomic E-state index is 0.127. The van der Waals surface area contributed by atoms with Gasteiger partial charge in [0.2, 0.25) is 0 Å². The van der Waals surface area contributed by atoms with Gasteiger partial charge < -0.3 is 5.32 Å². The predicted molar refractivity (Wildman–Crippen MR) is 66.1 cm³/mol. The van der Waals surface area contributed by atoms with Crippen LogP contribution in [0.3, 0.4) is 0 Å². The van der Waals surface area contributed by atoms with Crippen LogP contribution in [0.4, 0.5) is 0 Å². The Morgan fingerprint density at radius 1 is 1.07 bits per heavy atom. The molecule has 0 rings (SSSR count). The van der Waals surface area contributed by atoms with Gasteiger partial charge in [0.15, 0.2) is 0 Å². The monoisotopic (exact) mass is 213 g/mol. The van der Waals surface area contributed by atoms with E-state index in [1.165, 1.54) is 19.3 Å². The molecule has 0 saturated heterocycles. The van der Waals surface area contributed by atoms with Crippen LogP contribution in [0.5, 0.6) is 0 Å². The van der Waals surface area contributed by atoms with Crippen LogP contribution in [0.2, 0.25) is 0 Å². The Labute approximate surface area is 94.8 Å². The zero-order chi connectivity index (χ0) is 11.7. The second-order valence-electron chi connectivity index (χ2n) is 5.28. The van der Waals surface area contributed by atoms with Crippen LogP contribution >= 0.6 is 0 Å². The molecule has 90 valence electrons. The summed E-state index contributed by atoms with van der Waals surface area (Å²) in [6.07, 6.45) is 6.22. The van der Waals surface area contributed by atoms with Crippen molar-refractivity contribution >= 4 is 5.78 Å². The maximum Gasteiger partial charge on any atom is 0.134 e. The molecule has 0 saturated carbocycles. The van der Waals surface area contributed by atoms with E-state index in [1.807, 2.05) is 0 Å². The summed E-state index contributed by atoms with van der Waals surface area (Å²) >= 11 is 0. The molecule has 2 nitrogen and oxygen atoms in total. The summed E-state index contributed by atoms with van der Waals surface area (Å²) < 4.78 is 0. The third kappa shape index (κ3) is 11.6. The quantitative estimate of drug-likeness (QED) is 0.627.